The quantitative estimate of drug-likeness (QED) is 0.266. The van der Waals surface area contributed by atoms with E-state index in [-0.39, 0.29) is 55.0 Å². The molecule has 0 unspecified atom stereocenters. The summed E-state index contributed by atoms with van der Waals surface area (Å²) >= 11 is 0.762. The number of fused-ring (bicyclic) bond motifs is 2. The fourth-order valence-corrected chi connectivity index (χ4v) is 6.46. The Morgan fingerprint density at radius 1 is 1.26 bits per heavy atom. The van der Waals surface area contributed by atoms with E-state index in [1.54, 1.807) is 16.8 Å². The summed E-state index contributed by atoms with van der Waals surface area (Å²) in [5.74, 6) is -2.07. The van der Waals surface area contributed by atoms with E-state index in [4.69, 9.17) is 5.73 Å². The molecule has 1 saturated carbocycles. The van der Waals surface area contributed by atoms with Gasteiger partial charge in [-0.3, -0.25) is 4.79 Å². The number of nitrogens with two attached hydrogens (primary N) is 1. The van der Waals surface area contributed by atoms with Gasteiger partial charge in [0.05, 0.1) is 21.8 Å². The molecule has 2 N–H and O–H groups in total. The monoisotopic (exact) mass is 560 g/mol. The van der Waals surface area contributed by atoms with Gasteiger partial charge in [0.15, 0.2) is 10.9 Å². The molecule has 4 aromatic rings. The van der Waals surface area contributed by atoms with E-state index < -0.39 is 28.9 Å². The fraction of sp³-hybridized carbons (Fsp3) is 0.308. The van der Waals surface area contributed by atoms with Gasteiger partial charge in [-0.05, 0) is 37.1 Å². The first kappa shape index (κ1) is 25.4. The zero-order chi connectivity index (χ0) is 27.9. The van der Waals surface area contributed by atoms with Gasteiger partial charge >= 0.3 is 6.18 Å². The lowest BCUT2D eigenvalue weighted by Gasteiger charge is -2.30. The lowest BCUT2D eigenvalue weighted by molar-refractivity contribution is -0.137. The lowest BCUT2D eigenvalue weighted by Crippen LogP contribution is -2.40. The highest BCUT2D eigenvalue weighted by Crippen LogP contribution is 2.55. The van der Waals surface area contributed by atoms with Crippen LogP contribution in [0.5, 0.6) is 0 Å². The Morgan fingerprint density at radius 2 is 2.00 bits per heavy atom. The van der Waals surface area contributed by atoms with E-state index in [1.165, 1.54) is 6.08 Å². The number of carbonyl (C=O) groups excluding carboxylic acids is 1. The Balaban J connectivity index is 1.55. The summed E-state index contributed by atoms with van der Waals surface area (Å²) in [5.41, 5.74) is 2.69. The number of nitrogens with zero attached hydrogens (tertiary/aromatic N) is 5. The van der Waals surface area contributed by atoms with Crippen molar-refractivity contribution in [2.75, 3.05) is 30.8 Å². The number of alkyl halides is 3. The predicted octanol–water partition coefficient (Wildman–Crippen LogP) is 5.40. The molecular weight excluding hydrogens is 539 g/mol. The van der Waals surface area contributed by atoms with Crippen molar-refractivity contribution in [2.45, 2.75) is 25.1 Å². The predicted molar refractivity (Wildman–Crippen MR) is 138 cm³/mol. The first-order valence-corrected chi connectivity index (χ1v) is 12.8. The third-order valence-corrected chi connectivity index (χ3v) is 8.61. The maximum atomic E-state index is 16.2. The van der Waals surface area contributed by atoms with Crippen LogP contribution in [0.4, 0.5) is 32.9 Å². The van der Waals surface area contributed by atoms with Crippen molar-refractivity contribution < 1.29 is 26.7 Å². The zero-order valence-corrected chi connectivity index (χ0v) is 21.3. The van der Waals surface area contributed by atoms with Gasteiger partial charge in [0.2, 0.25) is 5.91 Å². The minimum Gasteiger partial charge on any atom is -0.375 e. The van der Waals surface area contributed by atoms with E-state index in [0.717, 1.165) is 48.7 Å². The number of halogens is 5. The summed E-state index contributed by atoms with van der Waals surface area (Å²) in [6.45, 7) is 4.37. The summed E-state index contributed by atoms with van der Waals surface area (Å²) in [6, 6.07) is 2.60. The summed E-state index contributed by atoms with van der Waals surface area (Å²) in [5, 5.41) is -0.194. The molecule has 2 aromatic carbocycles. The van der Waals surface area contributed by atoms with Crippen molar-refractivity contribution in [3.63, 3.8) is 0 Å². The summed E-state index contributed by atoms with van der Waals surface area (Å²) in [4.78, 5) is 27.9. The van der Waals surface area contributed by atoms with Crippen molar-refractivity contribution in [3.05, 3.63) is 54.4 Å². The van der Waals surface area contributed by atoms with E-state index in [2.05, 4.69) is 21.5 Å². The second-order valence-electron chi connectivity index (χ2n) is 9.94. The molecule has 2 aliphatic rings. The normalized spacial score (nSPS) is 18.3. The molecule has 6 rings (SSSR count). The number of likely N-dealkylation sites (N-methyl/N-ethyl adjacent to an activating group) is 1. The van der Waals surface area contributed by atoms with Crippen LogP contribution in [0, 0.1) is 17.0 Å². The largest absolute Gasteiger partial charge is 0.417 e. The van der Waals surface area contributed by atoms with Crippen LogP contribution in [-0.2, 0) is 11.0 Å². The average Bonchev–Trinajstić information content (AvgIpc) is 3.39. The van der Waals surface area contributed by atoms with Crippen LogP contribution in [0.1, 0.15) is 18.4 Å². The molecule has 1 saturated heterocycles. The minimum absolute atomic E-state index is 0.0631. The number of carbonyl (C=O) groups is 1. The second-order valence-corrected chi connectivity index (χ2v) is 11.0. The molecule has 202 valence electrons. The molecule has 3 heterocycles. The Hall–Kier alpha value is -3.87. The van der Waals surface area contributed by atoms with Crippen LogP contribution in [0.2, 0.25) is 0 Å². The van der Waals surface area contributed by atoms with E-state index >= 15 is 4.39 Å². The average molecular weight is 561 g/mol. The topological polar surface area (TPSA) is 88.2 Å². The van der Waals surface area contributed by atoms with Crippen molar-refractivity contribution in [3.8, 4) is 11.1 Å². The lowest BCUT2D eigenvalue weighted by atomic mass is 9.94. The van der Waals surface area contributed by atoms with Crippen LogP contribution < -0.4 is 10.6 Å². The van der Waals surface area contributed by atoms with Gasteiger partial charge in [-0.15, -0.1) is 0 Å². The number of aromatic nitrogens is 3. The minimum atomic E-state index is -4.98. The number of amides is 1. The van der Waals surface area contributed by atoms with Crippen LogP contribution in [0.25, 0.3) is 32.2 Å². The number of hydrogen-bond acceptors (Lipinski definition) is 7. The molecule has 0 radical (unpaired) electrons. The van der Waals surface area contributed by atoms with Gasteiger partial charge in [-0.25, -0.2) is 23.7 Å². The molecule has 1 spiro atoms. The van der Waals surface area contributed by atoms with E-state index in [9.17, 15) is 22.4 Å². The van der Waals surface area contributed by atoms with Crippen molar-refractivity contribution in [2.24, 2.45) is 5.41 Å². The molecule has 2 aromatic heterocycles. The van der Waals surface area contributed by atoms with Gasteiger partial charge in [-0.1, -0.05) is 17.9 Å². The Bertz CT molecular complexity index is 1680. The third kappa shape index (κ3) is 3.89. The van der Waals surface area contributed by atoms with Gasteiger partial charge in [-0.2, -0.15) is 13.2 Å². The number of rotatable bonds is 4. The Kier molecular flexibility index (Phi) is 5.58. The zero-order valence-electron chi connectivity index (χ0n) is 20.5. The molecule has 2 fully saturated rings. The molecule has 0 bridgehead atoms. The summed E-state index contributed by atoms with van der Waals surface area (Å²) in [7, 11) is 1.68. The standard InChI is InChI=1S/C26H21F5N6OS/c1-3-17(38)37-9-16(25(10-37)6-7-25)36(2)23-13-8-14(26(29,30)31)18(19(28)20(13)33-11-34-23)12-4-5-15(27)22-21(12)35-24(32)39-22/h3-5,8,11,16H,1,6-7,9-10H2,2H3,(H2,32,35)/t16-/m0/s1. The van der Waals surface area contributed by atoms with Crippen LogP contribution in [0.15, 0.2) is 37.2 Å². The second kappa shape index (κ2) is 8.57. The van der Waals surface area contributed by atoms with Crippen molar-refractivity contribution in [1.29, 1.82) is 0 Å². The molecule has 39 heavy (non-hydrogen) atoms. The van der Waals surface area contributed by atoms with E-state index in [0.29, 0.717) is 13.1 Å². The van der Waals surface area contributed by atoms with Gasteiger partial charge in [0.25, 0.3) is 0 Å². The summed E-state index contributed by atoms with van der Waals surface area (Å²) < 4.78 is 73.9. The van der Waals surface area contributed by atoms with E-state index in [1.807, 2.05) is 0 Å². The molecule has 1 amide bonds. The maximum absolute atomic E-state index is 16.2. The molecule has 1 atom stereocenters. The highest BCUT2D eigenvalue weighted by atomic mass is 32.1. The van der Waals surface area contributed by atoms with Crippen molar-refractivity contribution in [1.82, 2.24) is 19.9 Å². The first-order chi connectivity index (χ1) is 18.4. The van der Waals surface area contributed by atoms with Gasteiger partial charge < -0.3 is 15.5 Å². The SMILES string of the molecule is C=CC(=O)N1C[C@H](N(C)c2ncnc3c(F)c(-c4ccc(F)c5sc(N)nc45)c(C(F)(F)F)cc23)C2(CC2)C1. The molecule has 1 aliphatic carbocycles. The van der Waals surface area contributed by atoms with Gasteiger partial charge in [0.1, 0.15) is 23.5 Å². The van der Waals surface area contributed by atoms with Crippen molar-refractivity contribution >= 4 is 49.3 Å². The Labute approximate surface area is 222 Å². The number of anilines is 2. The molecule has 13 heteroatoms. The summed E-state index contributed by atoms with van der Waals surface area (Å²) in [6.07, 6.45) is -0.967. The van der Waals surface area contributed by atoms with Crippen LogP contribution in [-0.4, -0.2) is 51.9 Å². The first-order valence-electron chi connectivity index (χ1n) is 12.0. The number of thiazole rings is 1. The molecular formula is C26H21F5N6OS. The number of benzene rings is 2. The number of hydrogen-bond donors (Lipinski definition) is 1. The fourth-order valence-electron chi connectivity index (χ4n) is 5.69. The van der Waals surface area contributed by atoms with Crippen LogP contribution >= 0.6 is 11.3 Å². The molecule has 1 aliphatic heterocycles. The van der Waals surface area contributed by atoms with Crippen LogP contribution in [0.3, 0.4) is 0 Å². The van der Waals surface area contributed by atoms with Gasteiger partial charge in [0, 0.05) is 42.1 Å². The maximum Gasteiger partial charge on any atom is 0.417 e. The Morgan fingerprint density at radius 3 is 2.67 bits per heavy atom. The molecule has 7 nitrogen and oxygen atoms in total. The number of nitrogen functional groups attached to an aromatic ring is 1. The third-order valence-electron chi connectivity index (χ3n) is 7.72. The number of likely N-dealkylation sites (tertiary alicyclic amines) is 1. The highest BCUT2D eigenvalue weighted by molar-refractivity contribution is 7.22. The smallest absolute Gasteiger partial charge is 0.375 e. The highest BCUT2D eigenvalue weighted by Gasteiger charge is 2.57.